The van der Waals surface area contributed by atoms with E-state index in [0.29, 0.717) is 17.4 Å². The molecule has 0 amide bonds. The van der Waals surface area contributed by atoms with E-state index in [9.17, 15) is 4.39 Å². The smallest absolute Gasteiger partial charge is 0.276 e. The van der Waals surface area contributed by atoms with Gasteiger partial charge in [-0.05, 0) is 36.4 Å². The average molecular weight is 307 g/mol. The van der Waals surface area contributed by atoms with Gasteiger partial charge in [-0.3, -0.25) is 9.55 Å². The number of pyridine rings is 1. The summed E-state index contributed by atoms with van der Waals surface area (Å²) in [6, 6.07) is 9.67. The minimum atomic E-state index is -0.298. The minimum Gasteiger partial charge on any atom is -0.332 e. The van der Waals surface area contributed by atoms with Crippen LogP contribution in [0.25, 0.3) is 28.7 Å². The molecule has 0 radical (unpaired) electrons. The number of halogens is 1. The van der Waals surface area contributed by atoms with Crippen molar-refractivity contribution in [3.8, 4) is 28.7 Å². The largest absolute Gasteiger partial charge is 0.332 e. The van der Waals surface area contributed by atoms with Crippen molar-refractivity contribution in [2.45, 2.75) is 0 Å². The van der Waals surface area contributed by atoms with Crippen LogP contribution >= 0.6 is 0 Å². The molecule has 112 valence electrons. The van der Waals surface area contributed by atoms with Crippen molar-refractivity contribution in [3.63, 3.8) is 0 Å². The Morgan fingerprint density at radius 2 is 1.74 bits per heavy atom. The van der Waals surface area contributed by atoms with Crippen LogP contribution in [0.5, 0.6) is 0 Å². The van der Waals surface area contributed by atoms with E-state index >= 15 is 0 Å². The number of rotatable bonds is 3. The molecule has 3 heterocycles. The standard InChI is InChI=1S/C16H10FN5O/c17-12-1-3-13(4-2-12)22-10-19-9-14(22)16-20-15(21-23-16)11-5-7-18-8-6-11/h1-10H. The molecule has 0 unspecified atom stereocenters. The molecule has 4 aromatic rings. The zero-order valence-corrected chi connectivity index (χ0v) is 11.8. The highest BCUT2D eigenvalue weighted by Crippen LogP contribution is 2.24. The van der Waals surface area contributed by atoms with E-state index in [0.717, 1.165) is 11.3 Å². The first-order valence-electron chi connectivity index (χ1n) is 6.84. The van der Waals surface area contributed by atoms with Gasteiger partial charge in [-0.2, -0.15) is 4.98 Å². The van der Waals surface area contributed by atoms with Crippen molar-refractivity contribution in [1.82, 2.24) is 24.7 Å². The summed E-state index contributed by atoms with van der Waals surface area (Å²) in [5.74, 6) is 0.501. The molecule has 23 heavy (non-hydrogen) atoms. The first-order chi connectivity index (χ1) is 11.3. The molecule has 0 saturated carbocycles. The highest BCUT2D eigenvalue weighted by atomic mass is 19.1. The molecule has 3 aromatic heterocycles. The lowest BCUT2D eigenvalue weighted by Crippen LogP contribution is -1.95. The lowest BCUT2D eigenvalue weighted by Gasteiger charge is -2.04. The van der Waals surface area contributed by atoms with Crippen molar-refractivity contribution < 1.29 is 8.91 Å². The predicted octanol–water partition coefficient (Wildman–Crippen LogP) is 3.12. The van der Waals surface area contributed by atoms with Crippen LogP contribution in [0.3, 0.4) is 0 Å². The summed E-state index contributed by atoms with van der Waals surface area (Å²) >= 11 is 0. The molecule has 0 fully saturated rings. The van der Waals surface area contributed by atoms with Gasteiger partial charge in [0.05, 0.1) is 12.5 Å². The van der Waals surface area contributed by atoms with Gasteiger partial charge in [-0.1, -0.05) is 5.16 Å². The second-order valence-corrected chi connectivity index (χ2v) is 4.78. The Kier molecular flexibility index (Phi) is 3.16. The Morgan fingerprint density at radius 3 is 2.52 bits per heavy atom. The maximum Gasteiger partial charge on any atom is 0.276 e. The number of aromatic nitrogens is 5. The quantitative estimate of drug-likeness (QED) is 0.581. The fourth-order valence-corrected chi connectivity index (χ4v) is 2.21. The molecule has 0 atom stereocenters. The number of hydrogen-bond acceptors (Lipinski definition) is 5. The molecule has 0 aliphatic carbocycles. The molecule has 0 bridgehead atoms. The topological polar surface area (TPSA) is 69.6 Å². The lowest BCUT2D eigenvalue weighted by molar-refractivity contribution is 0.430. The number of nitrogens with zero attached hydrogens (tertiary/aromatic N) is 5. The maximum absolute atomic E-state index is 13.1. The molecule has 0 spiro atoms. The Morgan fingerprint density at radius 1 is 0.957 bits per heavy atom. The third-order valence-corrected chi connectivity index (χ3v) is 3.33. The van der Waals surface area contributed by atoms with Crippen molar-refractivity contribution in [1.29, 1.82) is 0 Å². The van der Waals surface area contributed by atoms with Gasteiger partial charge >= 0.3 is 0 Å². The summed E-state index contributed by atoms with van der Waals surface area (Å²) < 4.78 is 20.2. The summed E-state index contributed by atoms with van der Waals surface area (Å²) in [6.07, 6.45) is 6.55. The summed E-state index contributed by atoms with van der Waals surface area (Å²) in [6.45, 7) is 0. The van der Waals surface area contributed by atoms with Gasteiger partial charge in [0.1, 0.15) is 11.5 Å². The zero-order valence-electron chi connectivity index (χ0n) is 11.8. The zero-order chi connectivity index (χ0) is 15.6. The highest BCUT2D eigenvalue weighted by Gasteiger charge is 2.15. The molecule has 0 N–H and O–H groups in total. The highest BCUT2D eigenvalue weighted by molar-refractivity contribution is 5.58. The van der Waals surface area contributed by atoms with Gasteiger partial charge in [0.25, 0.3) is 5.89 Å². The van der Waals surface area contributed by atoms with Gasteiger partial charge in [-0.25, -0.2) is 9.37 Å². The van der Waals surface area contributed by atoms with Crippen LogP contribution in [0.2, 0.25) is 0 Å². The van der Waals surface area contributed by atoms with Gasteiger partial charge in [0.2, 0.25) is 5.82 Å². The first-order valence-corrected chi connectivity index (χ1v) is 6.84. The number of imidazole rings is 1. The van der Waals surface area contributed by atoms with Gasteiger partial charge < -0.3 is 4.52 Å². The molecular formula is C16H10FN5O. The molecular weight excluding hydrogens is 297 g/mol. The Balaban J connectivity index is 1.74. The number of hydrogen-bond donors (Lipinski definition) is 0. The Hall–Kier alpha value is -3.35. The molecule has 6 nitrogen and oxygen atoms in total. The van der Waals surface area contributed by atoms with Crippen molar-refractivity contribution in [2.75, 3.05) is 0 Å². The van der Waals surface area contributed by atoms with Gasteiger partial charge in [0, 0.05) is 23.6 Å². The van der Waals surface area contributed by atoms with Gasteiger partial charge in [0.15, 0.2) is 0 Å². The van der Waals surface area contributed by atoms with E-state index in [1.54, 1.807) is 53.8 Å². The minimum absolute atomic E-state index is 0.298. The van der Waals surface area contributed by atoms with Crippen LogP contribution in [0.4, 0.5) is 4.39 Å². The van der Waals surface area contributed by atoms with E-state index in [4.69, 9.17) is 4.52 Å². The van der Waals surface area contributed by atoms with Crippen LogP contribution in [-0.2, 0) is 0 Å². The van der Waals surface area contributed by atoms with E-state index in [-0.39, 0.29) is 5.82 Å². The van der Waals surface area contributed by atoms with E-state index in [1.165, 1.54) is 12.1 Å². The molecule has 0 saturated heterocycles. The van der Waals surface area contributed by atoms with Crippen LogP contribution in [0.1, 0.15) is 0 Å². The summed E-state index contributed by atoms with van der Waals surface area (Å²) in [4.78, 5) is 12.5. The Bertz CT molecular complexity index is 931. The molecule has 0 aliphatic rings. The summed E-state index contributed by atoms with van der Waals surface area (Å²) in [5, 5.41) is 3.98. The molecule has 0 aliphatic heterocycles. The average Bonchev–Trinajstić information content (AvgIpc) is 3.25. The fourth-order valence-electron chi connectivity index (χ4n) is 2.21. The SMILES string of the molecule is Fc1ccc(-n2cncc2-c2nc(-c3ccncc3)no2)cc1. The van der Waals surface area contributed by atoms with Crippen LogP contribution < -0.4 is 0 Å². The predicted molar refractivity (Wildman–Crippen MR) is 80.0 cm³/mol. The third-order valence-electron chi connectivity index (χ3n) is 3.33. The van der Waals surface area contributed by atoms with Crippen molar-refractivity contribution >= 4 is 0 Å². The van der Waals surface area contributed by atoms with E-state index in [2.05, 4.69) is 20.1 Å². The van der Waals surface area contributed by atoms with Crippen LogP contribution in [0.15, 0.2) is 65.8 Å². The van der Waals surface area contributed by atoms with Crippen molar-refractivity contribution in [3.05, 3.63) is 67.1 Å². The Labute approximate surface area is 130 Å². The summed E-state index contributed by atoms with van der Waals surface area (Å²) in [5.41, 5.74) is 2.19. The maximum atomic E-state index is 13.1. The monoisotopic (exact) mass is 307 g/mol. The van der Waals surface area contributed by atoms with E-state index in [1.807, 2.05) is 0 Å². The fraction of sp³-hybridized carbons (Fsp3) is 0. The molecule has 7 heteroatoms. The van der Waals surface area contributed by atoms with Crippen molar-refractivity contribution in [2.24, 2.45) is 0 Å². The van der Waals surface area contributed by atoms with Gasteiger partial charge in [-0.15, -0.1) is 0 Å². The van der Waals surface area contributed by atoms with Crippen LogP contribution in [0, 0.1) is 5.82 Å². The molecule has 4 rings (SSSR count). The summed E-state index contributed by atoms with van der Waals surface area (Å²) in [7, 11) is 0. The lowest BCUT2D eigenvalue weighted by atomic mass is 10.2. The normalized spacial score (nSPS) is 10.8. The third kappa shape index (κ3) is 2.48. The molecule has 1 aromatic carbocycles. The second kappa shape index (κ2) is 5.45. The number of benzene rings is 1. The van der Waals surface area contributed by atoms with Crippen LogP contribution in [-0.4, -0.2) is 24.7 Å². The second-order valence-electron chi connectivity index (χ2n) is 4.78. The van der Waals surface area contributed by atoms with E-state index < -0.39 is 0 Å². The first kappa shape index (κ1) is 13.3.